The van der Waals surface area contributed by atoms with Crippen molar-refractivity contribution in [3.63, 3.8) is 0 Å². The highest BCUT2D eigenvalue weighted by molar-refractivity contribution is 6.37. The van der Waals surface area contributed by atoms with Gasteiger partial charge in [0.2, 0.25) is 0 Å². The van der Waals surface area contributed by atoms with Crippen LogP contribution in [0.4, 0.5) is 0 Å². The molecule has 0 radical (unpaired) electrons. The first-order chi connectivity index (χ1) is 9.00. The van der Waals surface area contributed by atoms with Crippen molar-refractivity contribution >= 4 is 28.3 Å². The minimum atomic E-state index is 0.0991. The number of ketones is 1. The lowest BCUT2D eigenvalue weighted by molar-refractivity contribution is 0.0841. The summed E-state index contributed by atoms with van der Waals surface area (Å²) in [5.74, 6) is 0.352. The number of nitrogens with one attached hydrogen (secondary N) is 1. The molecule has 0 aliphatic heterocycles. The largest absolute Gasteiger partial charge is 0.360 e. The Labute approximate surface area is 118 Å². The third kappa shape index (κ3) is 1.99. The molecule has 1 heterocycles. The van der Waals surface area contributed by atoms with Crippen molar-refractivity contribution in [2.75, 3.05) is 0 Å². The number of fused-ring (bicyclic) bond motifs is 1. The van der Waals surface area contributed by atoms with E-state index in [-0.39, 0.29) is 17.1 Å². The van der Waals surface area contributed by atoms with Gasteiger partial charge < -0.3 is 4.98 Å². The Morgan fingerprint density at radius 1 is 1.42 bits per heavy atom. The fourth-order valence-corrected chi connectivity index (χ4v) is 3.61. The summed E-state index contributed by atoms with van der Waals surface area (Å²) in [5, 5.41) is 1.52. The van der Waals surface area contributed by atoms with E-state index in [9.17, 15) is 4.79 Å². The fourth-order valence-electron chi connectivity index (χ4n) is 3.34. The number of rotatable bonds is 2. The Balaban J connectivity index is 2.08. The molecular weight excluding hydrogens is 258 g/mol. The second kappa shape index (κ2) is 4.38. The second-order valence-corrected chi connectivity index (χ2v) is 6.57. The van der Waals surface area contributed by atoms with Gasteiger partial charge in [-0.1, -0.05) is 37.9 Å². The predicted molar refractivity (Wildman–Crippen MR) is 78.8 cm³/mol. The van der Waals surface area contributed by atoms with Gasteiger partial charge in [-0.15, -0.1) is 0 Å². The number of hydrogen-bond acceptors (Lipinski definition) is 1. The molecule has 2 nitrogen and oxygen atoms in total. The van der Waals surface area contributed by atoms with Crippen molar-refractivity contribution < 1.29 is 4.79 Å². The highest BCUT2D eigenvalue weighted by Crippen LogP contribution is 2.45. The third-order valence-corrected chi connectivity index (χ3v) is 4.81. The molecule has 1 aromatic heterocycles. The summed E-state index contributed by atoms with van der Waals surface area (Å²) in [6, 6.07) is 5.70. The number of carbonyl (C=O) groups is 1. The molecule has 0 bridgehead atoms. The maximum absolute atomic E-state index is 12.8. The zero-order valence-corrected chi connectivity index (χ0v) is 12.1. The second-order valence-electron chi connectivity index (χ2n) is 6.16. The molecule has 1 aromatic carbocycles. The molecule has 2 aromatic rings. The van der Waals surface area contributed by atoms with Gasteiger partial charge in [-0.2, -0.15) is 0 Å². The molecule has 3 rings (SSSR count). The predicted octanol–water partition coefficient (Wildman–Crippen LogP) is 4.83. The molecule has 0 spiro atoms. The molecule has 1 aliphatic carbocycles. The van der Waals surface area contributed by atoms with Crippen molar-refractivity contribution in [1.82, 2.24) is 4.98 Å². The summed E-state index contributed by atoms with van der Waals surface area (Å²) in [6.07, 6.45) is 5.06. The van der Waals surface area contributed by atoms with Crippen molar-refractivity contribution in [3.8, 4) is 0 Å². The van der Waals surface area contributed by atoms with Crippen molar-refractivity contribution in [2.45, 2.75) is 33.1 Å². The van der Waals surface area contributed by atoms with Crippen LogP contribution < -0.4 is 0 Å². The van der Waals surface area contributed by atoms with E-state index in [4.69, 9.17) is 11.6 Å². The molecule has 1 atom stereocenters. The number of hydrogen-bond donors (Lipinski definition) is 1. The van der Waals surface area contributed by atoms with Crippen LogP contribution in [0.2, 0.25) is 5.02 Å². The summed E-state index contributed by atoms with van der Waals surface area (Å²) < 4.78 is 0. The van der Waals surface area contributed by atoms with Crippen molar-refractivity contribution in [1.29, 1.82) is 0 Å². The van der Waals surface area contributed by atoms with Crippen molar-refractivity contribution in [3.05, 3.63) is 35.0 Å². The molecule has 1 unspecified atom stereocenters. The van der Waals surface area contributed by atoms with E-state index in [1.54, 1.807) is 0 Å². The minimum absolute atomic E-state index is 0.0991. The van der Waals surface area contributed by atoms with E-state index in [0.29, 0.717) is 5.02 Å². The molecule has 0 saturated heterocycles. The van der Waals surface area contributed by atoms with Gasteiger partial charge in [0.05, 0.1) is 5.02 Å². The molecule has 1 saturated carbocycles. The van der Waals surface area contributed by atoms with Crippen LogP contribution in [0.5, 0.6) is 0 Å². The van der Waals surface area contributed by atoms with Gasteiger partial charge in [-0.3, -0.25) is 4.79 Å². The fraction of sp³-hybridized carbons (Fsp3) is 0.438. The standard InChI is InChI=1S/C16H18ClNO/c1-16(2)8-4-5-11(16)15(19)10-9-18-13-7-3-6-12(17)14(10)13/h3,6-7,9,11,18H,4-5,8H2,1-2H3. The first kappa shape index (κ1) is 12.7. The van der Waals surface area contributed by atoms with Crippen LogP contribution in [0, 0.1) is 11.3 Å². The van der Waals surface area contributed by atoms with Gasteiger partial charge in [0, 0.05) is 28.6 Å². The number of benzene rings is 1. The number of Topliss-reactive ketones (excluding diaryl/α,β-unsaturated/α-hetero) is 1. The average molecular weight is 276 g/mol. The molecule has 1 aliphatic rings. The quantitative estimate of drug-likeness (QED) is 0.782. The Morgan fingerprint density at radius 3 is 2.89 bits per heavy atom. The van der Waals surface area contributed by atoms with E-state index in [1.807, 2.05) is 24.4 Å². The number of aromatic nitrogens is 1. The van der Waals surface area contributed by atoms with Gasteiger partial charge in [0.25, 0.3) is 0 Å². The third-order valence-electron chi connectivity index (χ3n) is 4.49. The van der Waals surface area contributed by atoms with E-state index < -0.39 is 0 Å². The summed E-state index contributed by atoms with van der Waals surface area (Å²) in [4.78, 5) is 16.0. The van der Waals surface area contributed by atoms with Crippen LogP contribution in [-0.4, -0.2) is 10.8 Å². The summed E-state index contributed by atoms with van der Waals surface area (Å²) >= 11 is 6.25. The number of aromatic amines is 1. The van der Waals surface area contributed by atoms with Crippen LogP contribution in [0.3, 0.4) is 0 Å². The number of H-pyrrole nitrogens is 1. The normalized spacial score (nSPS) is 21.9. The molecule has 3 heteroatoms. The van der Waals surface area contributed by atoms with Crippen LogP contribution >= 0.6 is 11.6 Å². The van der Waals surface area contributed by atoms with E-state index in [2.05, 4.69) is 18.8 Å². The molecule has 1 fully saturated rings. The van der Waals surface area contributed by atoms with Crippen LogP contribution in [0.1, 0.15) is 43.5 Å². The highest BCUT2D eigenvalue weighted by Gasteiger charge is 2.40. The summed E-state index contributed by atoms with van der Waals surface area (Å²) in [5.41, 5.74) is 1.79. The molecular formula is C16H18ClNO. The lowest BCUT2D eigenvalue weighted by atomic mass is 9.78. The Hall–Kier alpha value is -1.28. The van der Waals surface area contributed by atoms with Crippen LogP contribution in [-0.2, 0) is 0 Å². The van der Waals surface area contributed by atoms with Gasteiger partial charge in [0.15, 0.2) is 5.78 Å². The maximum atomic E-state index is 12.8. The first-order valence-electron chi connectivity index (χ1n) is 6.80. The Bertz CT molecular complexity index is 641. The number of carbonyl (C=O) groups excluding carboxylic acids is 1. The topological polar surface area (TPSA) is 32.9 Å². The minimum Gasteiger partial charge on any atom is -0.360 e. The Kier molecular flexibility index (Phi) is 2.94. The van der Waals surface area contributed by atoms with Gasteiger partial charge >= 0.3 is 0 Å². The van der Waals surface area contributed by atoms with Gasteiger partial charge in [-0.05, 0) is 30.4 Å². The molecule has 0 amide bonds. The molecule has 19 heavy (non-hydrogen) atoms. The monoisotopic (exact) mass is 275 g/mol. The van der Waals surface area contributed by atoms with Crippen LogP contribution in [0.15, 0.2) is 24.4 Å². The smallest absolute Gasteiger partial charge is 0.168 e. The van der Waals surface area contributed by atoms with Crippen LogP contribution in [0.25, 0.3) is 10.9 Å². The maximum Gasteiger partial charge on any atom is 0.168 e. The lowest BCUT2D eigenvalue weighted by Crippen LogP contribution is -2.25. The van der Waals surface area contributed by atoms with E-state index >= 15 is 0 Å². The van der Waals surface area contributed by atoms with Gasteiger partial charge in [0.1, 0.15) is 0 Å². The van der Waals surface area contributed by atoms with Gasteiger partial charge in [-0.25, -0.2) is 0 Å². The Morgan fingerprint density at radius 2 is 2.21 bits per heavy atom. The summed E-state index contributed by atoms with van der Waals surface area (Å²) in [6.45, 7) is 4.39. The van der Waals surface area contributed by atoms with E-state index in [0.717, 1.165) is 35.7 Å². The molecule has 1 N–H and O–H groups in total. The lowest BCUT2D eigenvalue weighted by Gasteiger charge is -2.25. The molecule has 100 valence electrons. The zero-order valence-electron chi connectivity index (χ0n) is 11.3. The summed E-state index contributed by atoms with van der Waals surface area (Å²) in [7, 11) is 0. The highest BCUT2D eigenvalue weighted by atomic mass is 35.5. The zero-order chi connectivity index (χ0) is 13.6. The number of halogens is 1. The SMILES string of the molecule is CC1(C)CCCC1C(=O)c1c[nH]c2cccc(Cl)c12. The first-order valence-corrected chi connectivity index (χ1v) is 7.18. The van der Waals surface area contributed by atoms with E-state index in [1.165, 1.54) is 0 Å². The van der Waals surface area contributed by atoms with Crippen molar-refractivity contribution in [2.24, 2.45) is 11.3 Å². The average Bonchev–Trinajstić information content (AvgIpc) is 2.92.